The standard InChI is InChI=1S/C22H28N2O2S/c1-16-6-4-7-17(12-16)10-11-24-14-20-21(15-24)22(20,2)18-8-5-9-19(13-18)23-27(3,25)26/h4-9,12-13,20-21,23H,10-11,14-15H2,1-3H3. The van der Waals surface area contributed by atoms with E-state index < -0.39 is 10.0 Å². The molecule has 0 bridgehead atoms. The average molecular weight is 385 g/mol. The van der Waals surface area contributed by atoms with Crippen molar-refractivity contribution >= 4 is 15.7 Å². The molecule has 1 heterocycles. The highest BCUT2D eigenvalue weighted by atomic mass is 32.2. The van der Waals surface area contributed by atoms with Crippen LogP contribution < -0.4 is 4.72 Å². The molecule has 2 aliphatic rings. The number of hydrogen-bond acceptors (Lipinski definition) is 3. The lowest BCUT2D eigenvalue weighted by Gasteiger charge is -2.25. The molecule has 1 aliphatic heterocycles. The minimum atomic E-state index is -3.24. The summed E-state index contributed by atoms with van der Waals surface area (Å²) >= 11 is 0. The number of nitrogens with one attached hydrogen (secondary N) is 1. The Kier molecular flexibility index (Phi) is 4.55. The van der Waals surface area contributed by atoms with Crippen molar-refractivity contribution < 1.29 is 8.42 Å². The van der Waals surface area contributed by atoms with E-state index in [-0.39, 0.29) is 5.41 Å². The van der Waals surface area contributed by atoms with Gasteiger partial charge in [0.1, 0.15) is 0 Å². The van der Waals surface area contributed by atoms with Crippen molar-refractivity contribution in [3.05, 3.63) is 65.2 Å². The topological polar surface area (TPSA) is 49.4 Å². The van der Waals surface area contributed by atoms with Gasteiger partial charge in [-0.1, -0.05) is 48.9 Å². The molecule has 0 aromatic heterocycles. The summed E-state index contributed by atoms with van der Waals surface area (Å²) in [5, 5.41) is 0. The van der Waals surface area contributed by atoms with Gasteiger partial charge in [0.15, 0.2) is 0 Å². The van der Waals surface area contributed by atoms with E-state index in [0.717, 1.165) is 26.1 Å². The Hall–Kier alpha value is -1.85. The van der Waals surface area contributed by atoms with E-state index in [1.807, 2.05) is 18.2 Å². The lowest BCUT2D eigenvalue weighted by atomic mass is 9.92. The zero-order chi connectivity index (χ0) is 19.2. The molecule has 2 fully saturated rings. The van der Waals surface area contributed by atoms with Gasteiger partial charge in [-0.2, -0.15) is 0 Å². The second-order valence-corrected chi connectivity index (χ2v) is 10.2. The number of fused-ring (bicyclic) bond motifs is 1. The molecule has 5 heteroatoms. The van der Waals surface area contributed by atoms with Gasteiger partial charge >= 0.3 is 0 Å². The van der Waals surface area contributed by atoms with E-state index in [4.69, 9.17) is 0 Å². The van der Waals surface area contributed by atoms with Crippen LogP contribution >= 0.6 is 0 Å². The molecule has 4 nitrogen and oxygen atoms in total. The summed E-state index contributed by atoms with van der Waals surface area (Å²) in [6, 6.07) is 16.7. The largest absolute Gasteiger partial charge is 0.302 e. The molecule has 2 unspecified atom stereocenters. The second kappa shape index (κ2) is 6.64. The lowest BCUT2D eigenvalue weighted by Crippen LogP contribution is -2.30. The fourth-order valence-electron chi connectivity index (χ4n) is 4.86. The number of anilines is 1. The summed E-state index contributed by atoms with van der Waals surface area (Å²) in [5.74, 6) is 1.34. The van der Waals surface area contributed by atoms with Crippen LogP contribution in [-0.2, 0) is 21.9 Å². The van der Waals surface area contributed by atoms with Gasteiger partial charge in [-0.3, -0.25) is 4.72 Å². The van der Waals surface area contributed by atoms with Gasteiger partial charge in [0.25, 0.3) is 0 Å². The van der Waals surface area contributed by atoms with Crippen molar-refractivity contribution in [2.45, 2.75) is 25.7 Å². The minimum Gasteiger partial charge on any atom is -0.302 e. The first-order valence-corrected chi connectivity index (χ1v) is 11.5. The van der Waals surface area contributed by atoms with Crippen molar-refractivity contribution in [2.24, 2.45) is 11.8 Å². The highest BCUT2D eigenvalue weighted by Gasteiger charge is 2.65. The Bertz CT molecular complexity index is 942. The summed E-state index contributed by atoms with van der Waals surface area (Å²) in [6.45, 7) is 7.86. The van der Waals surface area contributed by atoms with Gasteiger partial charge < -0.3 is 4.90 Å². The van der Waals surface area contributed by atoms with Crippen molar-refractivity contribution in [3.8, 4) is 0 Å². The van der Waals surface area contributed by atoms with E-state index in [9.17, 15) is 8.42 Å². The maximum absolute atomic E-state index is 11.5. The molecular formula is C22H28N2O2S. The summed E-state index contributed by atoms with van der Waals surface area (Å²) < 4.78 is 25.6. The minimum absolute atomic E-state index is 0.176. The zero-order valence-electron chi connectivity index (χ0n) is 16.3. The number of hydrogen-bond donors (Lipinski definition) is 1. The number of nitrogens with zero attached hydrogens (tertiary/aromatic N) is 1. The highest BCUT2D eigenvalue weighted by molar-refractivity contribution is 7.92. The molecule has 1 saturated carbocycles. The maximum atomic E-state index is 11.5. The summed E-state index contributed by atoms with van der Waals surface area (Å²) in [7, 11) is -3.24. The molecule has 0 amide bonds. The molecule has 4 rings (SSSR count). The predicted octanol–water partition coefficient (Wildman–Crippen LogP) is 3.43. The number of rotatable bonds is 6. The third kappa shape index (κ3) is 3.76. The molecule has 1 saturated heterocycles. The molecule has 2 atom stereocenters. The fourth-order valence-corrected chi connectivity index (χ4v) is 5.42. The Morgan fingerprint density at radius 2 is 1.81 bits per heavy atom. The number of piperidine rings is 1. The maximum Gasteiger partial charge on any atom is 0.229 e. The van der Waals surface area contributed by atoms with E-state index in [0.29, 0.717) is 17.5 Å². The Balaban J connectivity index is 1.38. The van der Waals surface area contributed by atoms with Crippen LogP contribution in [0.3, 0.4) is 0 Å². The summed E-state index contributed by atoms with van der Waals surface area (Å²) in [5.41, 5.74) is 4.83. The second-order valence-electron chi connectivity index (χ2n) is 8.45. The molecule has 2 aromatic rings. The fraction of sp³-hybridized carbons (Fsp3) is 0.455. The van der Waals surface area contributed by atoms with Crippen molar-refractivity contribution in [1.82, 2.24) is 4.90 Å². The molecular weight excluding hydrogens is 356 g/mol. The van der Waals surface area contributed by atoms with Crippen LogP contribution in [0, 0.1) is 18.8 Å². The van der Waals surface area contributed by atoms with E-state index in [2.05, 4.69) is 53.8 Å². The molecule has 144 valence electrons. The number of likely N-dealkylation sites (tertiary alicyclic amines) is 1. The smallest absolute Gasteiger partial charge is 0.229 e. The highest BCUT2D eigenvalue weighted by Crippen LogP contribution is 2.63. The van der Waals surface area contributed by atoms with E-state index in [1.165, 1.54) is 22.9 Å². The van der Waals surface area contributed by atoms with E-state index in [1.54, 1.807) is 0 Å². The average Bonchev–Trinajstić information content (AvgIpc) is 2.95. The SMILES string of the molecule is Cc1cccc(CCN2CC3C(C2)C3(C)c2cccc(NS(C)(=O)=O)c2)c1. The van der Waals surface area contributed by atoms with Gasteiger partial charge in [-0.05, 0) is 48.4 Å². The number of benzene rings is 2. The summed E-state index contributed by atoms with van der Waals surface area (Å²) in [4.78, 5) is 2.58. The molecule has 1 N–H and O–H groups in total. The predicted molar refractivity (Wildman–Crippen MR) is 111 cm³/mol. The quantitative estimate of drug-likeness (QED) is 0.830. The molecule has 27 heavy (non-hydrogen) atoms. The van der Waals surface area contributed by atoms with Crippen LogP contribution in [-0.4, -0.2) is 39.2 Å². The van der Waals surface area contributed by atoms with Gasteiger partial charge in [-0.25, -0.2) is 8.42 Å². The first kappa shape index (κ1) is 18.5. The van der Waals surface area contributed by atoms with Gasteiger partial charge in [0.2, 0.25) is 10.0 Å². The molecule has 2 aromatic carbocycles. The van der Waals surface area contributed by atoms with Crippen LogP contribution in [0.4, 0.5) is 5.69 Å². The Labute approximate surface area is 162 Å². The van der Waals surface area contributed by atoms with Gasteiger partial charge in [0.05, 0.1) is 6.26 Å². The van der Waals surface area contributed by atoms with Crippen LogP contribution in [0.25, 0.3) is 0 Å². The van der Waals surface area contributed by atoms with Crippen LogP contribution in [0.2, 0.25) is 0 Å². The number of aryl methyl sites for hydroxylation is 1. The van der Waals surface area contributed by atoms with Gasteiger partial charge in [0, 0.05) is 30.7 Å². The summed E-state index contributed by atoms with van der Waals surface area (Å²) in [6.07, 6.45) is 2.30. The Morgan fingerprint density at radius 3 is 2.48 bits per heavy atom. The van der Waals surface area contributed by atoms with Crippen molar-refractivity contribution in [1.29, 1.82) is 0 Å². The number of sulfonamides is 1. The molecule has 0 radical (unpaired) electrons. The van der Waals surface area contributed by atoms with Crippen LogP contribution in [0.15, 0.2) is 48.5 Å². The monoisotopic (exact) mass is 384 g/mol. The van der Waals surface area contributed by atoms with Crippen LogP contribution in [0.1, 0.15) is 23.6 Å². The van der Waals surface area contributed by atoms with Crippen LogP contribution in [0.5, 0.6) is 0 Å². The normalized spacial score (nSPS) is 27.4. The lowest BCUT2D eigenvalue weighted by molar-refractivity contribution is 0.281. The molecule has 1 aliphatic carbocycles. The zero-order valence-corrected chi connectivity index (χ0v) is 17.1. The first-order valence-electron chi connectivity index (χ1n) is 9.62. The third-order valence-corrected chi connectivity index (χ3v) is 7.02. The molecule has 0 spiro atoms. The van der Waals surface area contributed by atoms with Crippen molar-refractivity contribution in [2.75, 3.05) is 30.6 Å². The van der Waals surface area contributed by atoms with Crippen molar-refractivity contribution in [3.63, 3.8) is 0 Å². The van der Waals surface area contributed by atoms with E-state index >= 15 is 0 Å². The third-order valence-electron chi connectivity index (χ3n) is 6.41. The first-order chi connectivity index (χ1) is 12.8. The Morgan fingerprint density at radius 1 is 1.11 bits per heavy atom. The van der Waals surface area contributed by atoms with Gasteiger partial charge in [-0.15, -0.1) is 0 Å².